The summed E-state index contributed by atoms with van der Waals surface area (Å²) in [6, 6.07) is 5.89. The molecule has 0 saturated carbocycles. The van der Waals surface area contributed by atoms with Crippen molar-refractivity contribution >= 4 is 45.9 Å². The molecule has 10 nitrogen and oxygen atoms in total. The average Bonchev–Trinajstić information content (AvgIpc) is 3.37. The maximum atomic E-state index is 12.8. The molecule has 3 rings (SSSR count). The van der Waals surface area contributed by atoms with Gasteiger partial charge in [-0.05, 0) is 70.4 Å². The lowest BCUT2D eigenvalue weighted by molar-refractivity contribution is -0.113. The van der Waals surface area contributed by atoms with E-state index < -0.39 is 11.9 Å². The number of nitrogens with one attached hydrogen (secondary N) is 1. The molecular formula is C25H31N5O5S2. The number of anilines is 1. The van der Waals surface area contributed by atoms with Crippen molar-refractivity contribution < 1.29 is 23.9 Å². The number of thiophene rings is 1. The number of benzene rings is 1. The lowest BCUT2D eigenvalue weighted by Crippen LogP contribution is -2.18. The van der Waals surface area contributed by atoms with Crippen molar-refractivity contribution in [2.45, 2.75) is 66.0 Å². The molecule has 1 aromatic carbocycles. The molecule has 0 aliphatic heterocycles. The first-order chi connectivity index (χ1) is 17.5. The second kappa shape index (κ2) is 12.2. The Morgan fingerprint density at radius 2 is 1.89 bits per heavy atom. The van der Waals surface area contributed by atoms with Crippen LogP contribution in [-0.2, 0) is 22.7 Å². The van der Waals surface area contributed by atoms with Gasteiger partial charge in [0.1, 0.15) is 17.4 Å². The zero-order valence-electron chi connectivity index (χ0n) is 21.7. The van der Waals surface area contributed by atoms with Crippen molar-refractivity contribution in [1.29, 1.82) is 0 Å². The van der Waals surface area contributed by atoms with Gasteiger partial charge in [0.15, 0.2) is 11.0 Å². The molecule has 3 N–H and O–H groups in total. The Balaban J connectivity index is 1.68. The van der Waals surface area contributed by atoms with Crippen molar-refractivity contribution in [3.8, 4) is 5.75 Å². The van der Waals surface area contributed by atoms with Crippen molar-refractivity contribution in [2.24, 2.45) is 5.73 Å². The number of carbonyl (C=O) groups excluding carboxylic acids is 3. The minimum absolute atomic E-state index is 0.0116. The first-order valence-corrected chi connectivity index (χ1v) is 13.5. The van der Waals surface area contributed by atoms with Crippen LogP contribution in [0.15, 0.2) is 23.4 Å². The molecule has 0 saturated heterocycles. The summed E-state index contributed by atoms with van der Waals surface area (Å²) < 4.78 is 13.1. The molecule has 198 valence electrons. The molecule has 0 aliphatic rings. The molecule has 2 amide bonds. The van der Waals surface area contributed by atoms with Crippen molar-refractivity contribution in [3.63, 3.8) is 0 Å². The van der Waals surface area contributed by atoms with Gasteiger partial charge in [-0.1, -0.05) is 17.8 Å². The Morgan fingerprint density at radius 1 is 1.16 bits per heavy atom. The highest BCUT2D eigenvalue weighted by Crippen LogP contribution is 2.34. The van der Waals surface area contributed by atoms with Crippen LogP contribution in [0.1, 0.15) is 63.3 Å². The topological polar surface area (TPSA) is 138 Å². The first-order valence-electron chi connectivity index (χ1n) is 11.7. The summed E-state index contributed by atoms with van der Waals surface area (Å²) >= 11 is 2.16. The second-order valence-electron chi connectivity index (χ2n) is 8.59. The van der Waals surface area contributed by atoms with E-state index in [0.717, 1.165) is 22.6 Å². The Hall–Kier alpha value is -3.38. The minimum atomic E-state index is -0.678. The molecule has 37 heavy (non-hydrogen) atoms. The number of aryl methyl sites for hydroxylation is 2. The van der Waals surface area contributed by atoms with Gasteiger partial charge in [-0.25, -0.2) is 4.79 Å². The number of nitrogens with two attached hydrogens (primary N) is 1. The zero-order valence-corrected chi connectivity index (χ0v) is 23.3. The summed E-state index contributed by atoms with van der Waals surface area (Å²) in [5.74, 6) is -0.282. The van der Waals surface area contributed by atoms with Crippen LogP contribution in [0.5, 0.6) is 5.75 Å². The fourth-order valence-corrected chi connectivity index (χ4v) is 5.33. The zero-order chi connectivity index (χ0) is 27.3. The third-order valence-corrected chi connectivity index (χ3v) is 7.65. The van der Waals surface area contributed by atoms with Crippen LogP contribution in [0.3, 0.4) is 0 Å². The fourth-order valence-electron chi connectivity index (χ4n) is 3.45. The number of nitrogens with zero attached hydrogens (tertiary/aromatic N) is 3. The number of esters is 1. The average molecular weight is 546 g/mol. The van der Waals surface area contributed by atoms with Gasteiger partial charge >= 0.3 is 5.97 Å². The molecule has 0 fully saturated rings. The number of primary amides is 1. The third kappa shape index (κ3) is 6.89. The molecule has 2 aromatic heterocycles. The van der Waals surface area contributed by atoms with E-state index in [0.29, 0.717) is 23.1 Å². The number of ether oxygens (including phenoxy) is 2. The number of carbonyl (C=O) groups is 3. The lowest BCUT2D eigenvalue weighted by Gasteiger charge is -2.11. The largest absolute Gasteiger partial charge is 0.486 e. The SMILES string of the molecule is CCn1c(COc2ccc(C)c(C)c2)nnc1SCC(=O)Nc1sc(C(N)=O)c(C)c1C(=O)OC(C)C. The summed E-state index contributed by atoms with van der Waals surface area (Å²) in [5, 5.41) is 12.0. The van der Waals surface area contributed by atoms with E-state index >= 15 is 0 Å². The van der Waals surface area contributed by atoms with E-state index in [-0.39, 0.29) is 39.8 Å². The van der Waals surface area contributed by atoms with Gasteiger partial charge in [-0.3, -0.25) is 9.59 Å². The van der Waals surface area contributed by atoms with E-state index in [1.54, 1.807) is 20.8 Å². The highest BCUT2D eigenvalue weighted by atomic mass is 32.2. The normalized spacial score (nSPS) is 11.0. The summed E-state index contributed by atoms with van der Waals surface area (Å²) in [7, 11) is 0. The monoisotopic (exact) mass is 545 g/mol. The number of amides is 2. The van der Waals surface area contributed by atoms with Gasteiger partial charge in [-0.2, -0.15) is 0 Å². The van der Waals surface area contributed by atoms with Gasteiger partial charge in [0, 0.05) is 6.54 Å². The van der Waals surface area contributed by atoms with E-state index in [2.05, 4.69) is 15.5 Å². The van der Waals surface area contributed by atoms with E-state index in [1.807, 2.05) is 43.5 Å². The van der Waals surface area contributed by atoms with Gasteiger partial charge < -0.3 is 25.1 Å². The summed E-state index contributed by atoms with van der Waals surface area (Å²) in [6.45, 7) is 11.9. The van der Waals surface area contributed by atoms with Crippen molar-refractivity contribution in [2.75, 3.05) is 11.1 Å². The molecule has 0 bridgehead atoms. The Bertz CT molecular complexity index is 1320. The maximum absolute atomic E-state index is 12.8. The molecule has 2 heterocycles. The molecule has 0 atom stereocenters. The highest BCUT2D eigenvalue weighted by Gasteiger charge is 2.26. The van der Waals surface area contributed by atoms with E-state index in [9.17, 15) is 14.4 Å². The third-order valence-electron chi connectivity index (χ3n) is 5.46. The summed E-state index contributed by atoms with van der Waals surface area (Å²) in [5.41, 5.74) is 8.29. The molecular weight excluding hydrogens is 514 g/mol. The van der Waals surface area contributed by atoms with E-state index in [4.69, 9.17) is 15.2 Å². The Kier molecular flexibility index (Phi) is 9.33. The van der Waals surface area contributed by atoms with Crippen LogP contribution < -0.4 is 15.8 Å². The summed E-state index contributed by atoms with van der Waals surface area (Å²) in [4.78, 5) is 37.4. The smallest absolute Gasteiger partial charge is 0.341 e. The Morgan fingerprint density at radius 3 is 2.51 bits per heavy atom. The quantitative estimate of drug-likeness (QED) is 0.269. The van der Waals surface area contributed by atoms with Gasteiger partial charge in [0.25, 0.3) is 5.91 Å². The van der Waals surface area contributed by atoms with Crippen LogP contribution in [-0.4, -0.2) is 44.4 Å². The van der Waals surface area contributed by atoms with Gasteiger partial charge in [-0.15, -0.1) is 21.5 Å². The molecule has 0 aliphatic carbocycles. The van der Waals surface area contributed by atoms with Gasteiger partial charge in [0.2, 0.25) is 5.91 Å². The second-order valence-corrected chi connectivity index (χ2v) is 10.6. The predicted octanol–water partition coefficient (Wildman–Crippen LogP) is 4.26. The van der Waals surface area contributed by atoms with Crippen LogP contribution in [0.4, 0.5) is 5.00 Å². The summed E-state index contributed by atoms with van der Waals surface area (Å²) in [6.07, 6.45) is -0.364. The number of thioether (sulfide) groups is 1. The van der Waals surface area contributed by atoms with Crippen LogP contribution in [0.2, 0.25) is 0 Å². The first kappa shape index (κ1) is 28.2. The van der Waals surface area contributed by atoms with Crippen LogP contribution in [0.25, 0.3) is 0 Å². The van der Waals surface area contributed by atoms with E-state index in [1.165, 1.54) is 17.3 Å². The number of hydrogen-bond acceptors (Lipinski definition) is 9. The fraction of sp³-hybridized carbons (Fsp3) is 0.400. The van der Waals surface area contributed by atoms with Crippen LogP contribution >= 0.6 is 23.1 Å². The lowest BCUT2D eigenvalue weighted by atomic mass is 10.1. The number of hydrogen-bond donors (Lipinski definition) is 2. The molecule has 0 unspecified atom stereocenters. The molecule has 12 heteroatoms. The standard InChI is InChI=1S/C25H31N5O5S2/c1-7-30-18(11-34-17-9-8-14(4)15(5)10-17)28-29-25(30)36-12-19(31)27-23-20(24(33)35-13(2)3)16(6)21(37-23)22(26)32/h8-10,13H,7,11-12H2,1-6H3,(H2,26,32)(H,27,31). The van der Waals surface area contributed by atoms with Gasteiger partial charge in [0.05, 0.1) is 22.3 Å². The molecule has 0 radical (unpaired) electrons. The highest BCUT2D eigenvalue weighted by molar-refractivity contribution is 7.99. The maximum Gasteiger partial charge on any atom is 0.341 e. The number of aromatic nitrogens is 3. The molecule has 3 aromatic rings. The van der Waals surface area contributed by atoms with Crippen molar-refractivity contribution in [3.05, 3.63) is 51.2 Å². The van der Waals surface area contributed by atoms with Crippen LogP contribution in [0, 0.1) is 20.8 Å². The Labute approximate surface area is 223 Å². The predicted molar refractivity (Wildman–Crippen MR) is 143 cm³/mol. The van der Waals surface area contributed by atoms with Crippen molar-refractivity contribution in [1.82, 2.24) is 14.8 Å². The molecule has 0 spiro atoms. The minimum Gasteiger partial charge on any atom is -0.486 e. The number of rotatable bonds is 11.